The summed E-state index contributed by atoms with van der Waals surface area (Å²) in [6, 6.07) is 14.4. The molecule has 0 saturated carbocycles. The molecular weight excluding hydrogens is 406 g/mol. The normalized spacial score (nSPS) is 18.1. The van der Waals surface area contributed by atoms with Gasteiger partial charge in [0, 0.05) is 11.0 Å². The van der Waals surface area contributed by atoms with E-state index in [1.54, 1.807) is 0 Å². The second kappa shape index (κ2) is 9.18. The number of hydrazone groups is 1. The summed E-state index contributed by atoms with van der Waals surface area (Å²) in [6.45, 7) is 15.5. The molecule has 1 atom stereocenters. The van der Waals surface area contributed by atoms with Crippen LogP contribution in [0.25, 0.3) is 0 Å². The smallest absolute Gasteiger partial charge is 0.144 e. The van der Waals surface area contributed by atoms with Gasteiger partial charge in [-0.3, -0.25) is 5.43 Å². The van der Waals surface area contributed by atoms with Crippen molar-refractivity contribution in [2.45, 2.75) is 71.8 Å². The Morgan fingerprint density at radius 2 is 1.61 bits per heavy atom. The minimum Gasteiger partial charge on any atom is -0.505 e. The molecule has 2 aromatic rings. The Bertz CT molecular complexity index is 1070. The number of hydrogen-bond acceptors (Lipinski definition) is 4. The lowest BCUT2D eigenvalue weighted by molar-refractivity contribution is 0.278. The molecule has 1 unspecified atom stereocenters. The van der Waals surface area contributed by atoms with Gasteiger partial charge in [0.25, 0.3) is 0 Å². The molecule has 0 fully saturated rings. The number of phenols is 1. The second-order valence-corrected chi connectivity index (χ2v) is 11.5. The van der Waals surface area contributed by atoms with Crippen molar-refractivity contribution in [1.29, 1.82) is 0 Å². The maximum absolute atomic E-state index is 11.4. The van der Waals surface area contributed by atoms with Gasteiger partial charge in [-0.15, -0.1) is 0 Å². The third-order valence-corrected chi connectivity index (χ3v) is 6.37. The number of rotatable bonds is 6. The predicted octanol–water partition coefficient (Wildman–Crippen LogP) is 6.65. The summed E-state index contributed by atoms with van der Waals surface area (Å²) in [7, 11) is 0. The molecule has 0 amide bonds. The zero-order valence-corrected chi connectivity index (χ0v) is 21.1. The van der Waals surface area contributed by atoms with Crippen LogP contribution in [-0.2, 0) is 10.8 Å². The van der Waals surface area contributed by atoms with Gasteiger partial charge in [0.15, 0.2) is 0 Å². The van der Waals surface area contributed by atoms with Crippen LogP contribution in [0.4, 0.5) is 5.69 Å². The van der Waals surface area contributed by atoms with Gasteiger partial charge in [0.1, 0.15) is 5.75 Å². The predicted molar refractivity (Wildman–Crippen MR) is 141 cm³/mol. The number of hydrogen-bond donors (Lipinski definition) is 3. The number of aromatic hydroxyl groups is 1. The molecule has 0 aliphatic heterocycles. The largest absolute Gasteiger partial charge is 0.505 e. The van der Waals surface area contributed by atoms with Crippen LogP contribution in [0, 0.1) is 5.41 Å². The van der Waals surface area contributed by atoms with Gasteiger partial charge < -0.3 is 10.8 Å². The van der Waals surface area contributed by atoms with Crippen LogP contribution in [0.3, 0.4) is 0 Å². The highest BCUT2D eigenvalue weighted by Crippen LogP contribution is 2.46. The van der Waals surface area contributed by atoms with Crippen molar-refractivity contribution >= 4 is 11.4 Å². The van der Waals surface area contributed by atoms with Crippen molar-refractivity contribution in [3.63, 3.8) is 0 Å². The molecule has 0 aromatic heterocycles. The van der Waals surface area contributed by atoms with E-state index in [1.807, 2.05) is 36.4 Å². The number of anilines is 1. The van der Waals surface area contributed by atoms with Gasteiger partial charge >= 0.3 is 0 Å². The summed E-state index contributed by atoms with van der Waals surface area (Å²) < 4.78 is 0. The average molecular weight is 446 g/mol. The zero-order valence-electron chi connectivity index (χ0n) is 21.1. The summed E-state index contributed by atoms with van der Waals surface area (Å²) in [5, 5.41) is 15.9. The third-order valence-electron chi connectivity index (χ3n) is 6.37. The average Bonchev–Trinajstić information content (AvgIpc) is 2.72. The van der Waals surface area contributed by atoms with Gasteiger partial charge in [-0.25, -0.2) is 0 Å². The minimum atomic E-state index is -0.273. The first-order chi connectivity index (χ1) is 15.3. The van der Waals surface area contributed by atoms with Crippen molar-refractivity contribution in [1.82, 2.24) is 0 Å². The molecule has 0 heterocycles. The minimum absolute atomic E-state index is 0.112. The van der Waals surface area contributed by atoms with E-state index in [0.29, 0.717) is 5.69 Å². The first-order valence-corrected chi connectivity index (χ1v) is 11.7. The monoisotopic (exact) mass is 445 g/mol. The summed E-state index contributed by atoms with van der Waals surface area (Å²) >= 11 is 0. The third kappa shape index (κ3) is 5.75. The lowest BCUT2D eigenvalue weighted by atomic mass is 9.70. The number of allylic oxidation sites excluding steroid dienone is 2. The molecule has 1 aliphatic rings. The van der Waals surface area contributed by atoms with Crippen LogP contribution in [0.1, 0.15) is 71.6 Å². The van der Waals surface area contributed by atoms with E-state index in [4.69, 9.17) is 5.73 Å². The van der Waals surface area contributed by atoms with Gasteiger partial charge in [-0.1, -0.05) is 103 Å². The molecule has 2 aromatic carbocycles. The van der Waals surface area contributed by atoms with Crippen LogP contribution in [0.5, 0.6) is 5.75 Å². The van der Waals surface area contributed by atoms with Crippen LogP contribution in [-0.4, -0.2) is 16.9 Å². The molecule has 176 valence electrons. The Labute approximate surface area is 199 Å². The molecule has 0 spiro atoms. The van der Waals surface area contributed by atoms with Crippen molar-refractivity contribution in [2.24, 2.45) is 16.3 Å². The second-order valence-electron chi connectivity index (χ2n) is 11.5. The van der Waals surface area contributed by atoms with Crippen LogP contribution in [0.15, 0.2) is 71.9 Å². The molecule has 4 heteroatoms. The van der Waals surface area contributed by atoms with E-state index in [2.05, 4.69) is 89.3 Å². The Balaban J connectivity index is 2.14. The highest BCUT2D eigenvalue weighted by Gasteiger charge is 2.33. The van der Waals surface area contributed by atoms with Gasteiger partial charge in [0.05, 0.1) is 17.4 Å². The van der Waals surface area contributed by atoms with E-state index < -0.39 is 0 Å². The molecule has 33 heavy (non-hydrogen) atoms. The molecule has 4 nitrogen and oxygen atoms in total. The maximum atomic E-state index is 11.4. The van der Waals surface area contributed by atoms with Gasteiger partial charge in [-0.2, -0.15) is 5.10 Å². The first kappa shape index (κ1) is 24.8. The zero-order chi connectivity index (χ0) is 24.4. The van der Waals surface area contributed by atoms with Crippen LogP contribution >= 0.6 is 0 Å². The Morgan fingerprint density at radius 1 is 0.939 bits per heavy atom. The highest BCUT2D eigenvalue weighted by molar-refractivity contribution is 6.02. The highest BCUT2D eigenvalue weighted by atomic mass is 16.3. The standard InChI is InChI=1S/C29H39N3O/c1-27(2,3)19-28(4,5)22-17-21(29(6,7)20-13-9-8-10-14-20)18-25(26(22)33)32-31-24-16-12-11-15-23(24)30/h8-18,23,32-33H,19,30H2,1-7H3/b31-24-. The number of nitrogens with zero attached hydrogens (tertiary/aromatic N) is 1. The fraction of sp³-hybridized carbons (Fsp3) is 0.414. The van der Waals surface area contributed by atoms with E-state index in [0.717, 1.165) is 23.3 Å². The van der Waals surface area contributed by atoms with E-state index in [1.165, 1.54) is 5.56 Å². The van der Waals surface area contributed by atoms with Crippen LogP contribution < -0.4 is 11.2 Å². The first-order valence-electron chi connectivity index (χ1n) is 11.7. The molecule has 0 radical (unpaired) electrons. The van der Waals surface area contributed by atoms with Gasteiger partial charge in [-0.05, 0) is 40.5 Å². The molecule has 4 N–H and O–H groups in total. The molecule has 0 saturated heterocycles. The molecule has 1 aliphatic carbocycles. The fourth-order valence-electron chi connectivity index (χ4n) is 4.82. The Kier molecular flexibility index (Phi) is 6.90. The van der Waals surface area contributed by atoms with Gasteiger partial charge in [0.2, 0.25) is 0 Å². The molecule has 0 bridgehead atoms. The topological polar surface area (TPSA) is 70.6 Å². The Morgan fingerprint density at radius 3 is 2.21 bits per heavy atom. The van der Waals surface area contributed by atoms with Crippen molar-refractivity contribution in [3.05, 3.63) is 83.5 Å². The fourth-order valence-corrected chi connectivity index (χ4v) is 4.82. The quantitative estimate of drug-likeness (QED) is 0.344. The van der Waals surface area contributed by atoms with E-state index in [9.17, 15) is 5.11 Å². The number of phenolic OH excluding ortho intramolecular Hbond substituents is 1. The summed E-state index contributed by atoms with van der Waals surface area (Å²) in [6.07, 6.45) is 8.53. The molecule has 3 rings (SSSR count). The lowest BCUT2D eigenvalue weighted by Crippen LogP contribution is -2.29. The van der Waals surface area contributed by atoms with Crippen molar-refractivity contribution in [2.75, 3.05) is 5.43 Å². The van der Waals surface area contributed by atoms with E-state index in [-0.39, 0.29) is 28.0 Å². The SMILES string of the molecule is CC(C)(C)CC(C)(C)c1cc(C(C)(C)c2ccccc2)cc(N/N=C2/C=CC=CC2N)c1O. The van der Waals surface area contributed by atoms with E-state index >= 15 is 0 Å². The number of benzene rings is 2. The Hall–Kier alpha value is -2.85. The van der Waals surface area contributed by atoms with Crippen molar-refractivity contribution in [3.8, 4) is 5.75 Å². The number of nitrogens with one attached hydrogen (secondary N) is 1. The van der Waals surface area contributed by atoms with Crippen molar-refractivity contribution < 1.29 is 5.11 Å². The van der Waals surface area contributed by atoms with Crippen LogP contribution in [0.2, 0.25) is 0 Å². The lowest BCUT2D eigenvalue weighted by Gasteiger charge is -2.35. The molecular formula is C29H39N3O. The summed E-state index contributed by atoms with van der Waals surface area (Å²) in [5.74, 6) is 0.241. The maximum Gasteiger partial charge on any atom is 0.144 e. The summed E-state index contributed by atoms with van der Waals surface area (Å²) in [4.78, 5) is 0. The summed E-state index contributed by atoms with van der Waals surface area (Å²) in [5.41, 5.74) is 13.5. The number of nitrogens with two attached hydrogens (primary N) is 1.